The van der Waals surface area contributed by atoms with Crippen LogP contribution in [0, 0.1) is 0 Å². The van der Waals surface area contributed by atoms with Gasteiger partial charge in [0.05, 0.1) is 0 Å². The Morgan fingerprint density at radius 3 is 2.60 bits per heavy atom. The van der Waals surface area contributed by atoms with Crippen molar-refractivity contribution < 1.29 is 17.9 Å². The lowest BCUT2D eigenvalue weighted by Gasteiger charge is -2.16. The number of alkyl halides is 3. The first kappa shape index (κ1) is 17.4. The summed E-state index contributed by atoms with van der Waals surface area (Å²) in [5.74, 6) is 0. The van der Waals surface area contributed by atoms with Crippen LogP contribution in [-0.4, -0.2) is 24.7 Å². The highest BCUT2D eigenvalue weighted by molar-refractivity contribution is 7.11. The first-order valence-electron chi connectivity index (χ1n) is 6.83. The second-order valence-electron chi connectivity index (χ2n) is 4.47. The molecule has 116 valence electrons. The third kappa shape index (κ3) is 5.76. The summed E-state index contributed by atoms with van der Waals surface area (Å²) in [7, 11) is 0. The van der Waals surface area contributed by atoms with Crippen molar-refractivity contribution in [2.75, 3.05) is 19.8 Å². The Hall–Kier alpha value is -0.660. The van der Waals surface area contributed by atoms with E-state index in [1.54, 1.807) is 0 Å². The van der Waals surface area contributed by atoms with Crippen LogP contribution in [0.2, 0.25) is 0 Å². The number of aromatic nitrogens is 1. The molecule has 0 aliphatic rings. The van der Waals surface area contributed by atoms with Gasteiger partial charge in [0.25, 0.3) is 0 Å². The van der Waals surface area contributed by atoms with Crippen molar-refractivity contribution >= 4 is 11.3 Å². The average molecular weight is 310 g/mol. The van der Waals surface area contributed by atoms with Crippen molar-refractivity contribution in [2.24, 2.45) is 0 Å². The third-order valence-electron chi connectivity index (χ3n) is 2.65. The van der Waals surface area contributed by atoms with Gasteiger partial charge in [-0.2, -0.15) is 13.2 Å². The maximum Gasteiger partial charge on any atom is 0.443 e. The SMILES string of the molecule is CCCNC(CCOCCC)c1cnc(C(F)(F)F)s1. The minimum Gasteiger partial charge on any atom is -0.381 e. The molecule has 0 fully saturated rings. The van der Waals surface area contributed by atoms with Gasteiger partial charge in [-0.05, 0) is 25.8 Å². The second kappa shape index (κ2) is 8.59. The van der Waals surface area contributed by atoms with E-state index in [1.165, 1.54) is 6.20 Å². The Morgan fingerprint density at radius 2 is 2.05 bits per heavy atom. The van der Waals surface area contributed by atoms with Crippen molar-refractivity contribution in [3.63, 3.8) is 0 Å². The van der Waals surface area contributed by atoms with Gasteiger partial charge < -0.3 is 10.1 Å². The highest BCUT2D eigenvalue weighted by Crippen LogP contribution is 2.35. The monoisotopic (exact) mass is 310 g/mol. The van der Waals surface area contributed by atoms with Gasteiger partial charge >= 0.3 is 6.18 Å². The fourth-order valence-corrected chi connectivity index (χ4v) is 2.58. The van der Waals surface area contributed by atoms with Crippen LogP contribution < -0.4 is 5.32 Å². The zero-order valence-electron chi connectivity index (χ0n) is 11.8. The van der Waals surface area contributed by atoms with Crippen LogP contribution in [0.5, 0.6) is 0 Å². The Morgan fingerprint density at radius 1 is 1.30 bits per heavy atom. The topological polar surface area (TPSA) is 34.1 Å². The minimum atomic E-state index is -4.36. The van der Waals surface area contributed by atoms with E-state index in [1.807, 2.05) is 13.8 Å². The number of rotatable bonds is 9. The van der Waals surface area contributed by atoms with E-state index < -0.39 is 11.2 Å². The zero-order chi connectivity index (χ0) is 15.0. The first-order valence-corrected chi connectivity index (χ1v) is 7.64. The Balaban J connectivity index is 2.64. The number of nitrogens with one attached hydrogen (secondary N) is 1. The summed E-state index contributed by atoms with van der Waals surface area (Å²) in [6.07, 6.45) is -0.528. The van der Waals surface area contributed by atoms with E-state index in [9.17, 15) is 13.2 Å². The normalized spacial score (nSPS) is 13.7. The van der Waals surface area contributed by atoms with Crippen LogP contribution in [0.3, 0.4) is 0 Å². The number of ether oxygens (including phenoxy) is 1. The van der Waals surface area contributed by atoms with Gasteiger partial charge in [0, 0.05) is 30.3 Å². The van der Waals surface area contributed by atoms with Gasteiger partial charge in [0.1, 0.15) is 0 Å². The largest absolute Gasteiger partial charge is 0.443 e. The molecule has 0 saturated heterocycles. The van der Waals surface area contributed by atoms with Crippen LogP contribution >= 0.6 is 11.3 Å². The molecule has 1 N–H and O–H groups in total. The smallest absolute Gasteiger partial charge is 0.381 e. The number of halogens is 3. The summed E-state index contributed by atoms with van der Waals surface area (Å²) in [5.41, 5.74) is 0. The van der Waals surface area contributed by atoms with E-state index in [0.29, 0.717) is 35.8 Å². The fraction of sp³-hybridized carbons (Fsp3) is 0.769. The standard InChI is InChI=1S/C13H21F3N2OS/c1-3-6-17-10(5-8-19-7-4-2)11-9-18-12(20-11)13(14,15)16/h9-10,17H,3-8H2,1-2H3. The molecular weight excluding hydrogens is 289 g/mol. The van der Waals surface area contributed by atoms with Crippen molar-refractivity contribution in [1.29, 1.82) is 0 Å². The molecule has 0 saturated carbocycles. The molecule has 0 spiro atoms. The molecule has 0 radical (unpaired) electrons. The highest BCUT2D eigenvalue weighted by atomic mass is 32.1. The lowest BCUT2D eigenvalue weighted by Crippen LogP contribution is -2.22. The van der Waals surface area contributed by atoms with Gasteiger partial charge in [-0.1, -0.05) is 13.8 Å². The molecule has 0 aliphatic heterocycles. The van der Waals surface area contributed by atoms with E-state index in [4.69, 9.17) is 4.74 Å². The Bertz CT molecular complexity index is 382. The molecule has 1 rings (SSSR count). The Labute approximate surface area is 121 Å². The van der Waals surface area contributed by atoms with Gasteiger partial charge in [0.15, 0.2) is 5.01 Å². The van der Waals surface area contributed by atoms with E-state index in [-0.39, 0.29) is 6.04 Å². The molecule has 7 heteroatoms. The second-order valence-corrected chi connectivity index (χ2v) is 5.54. The van der Waals surface area contributed by atoms with Crippen molar-refractivity contribution in [2.45, 2.75) is 45.3 Å². The van der Waals surface area contributed by atoms with Gasteiger partial charge in [-0.3, -0.25) is 0 Å². The molecule has 1 aromatic rings. The highest BCUT2D eigenvalue weighted by Gasteiger charge is 2.35. The summed E-state index contributed by atoms with van der Waals surface area (Å²) < 4.78 is 43.1. The van der Waals surface area contributed by atoms with Gasteiger partial charge in [-0.15, -0.1) is 11.3 Å². The quantitative estimate of drug-likeness (QED) is 0.700. The fourth-order valence-electron chi connectivity index (χ4n) is 1.69. The summed E-state index contributed by atoms with van der Waals surface area (Å²) >= 11 is 0.708. The van der Waals surface area contributed by atoms with Crippen LogP contribution in [0.1, 0.15) is 49.0 Å². The molecule has 20 heavy (non-hydrogen) atoms. The number of nitrogens with zero attached hydrogens (tertiary/aromatic N) is 1. The Kier molecular flexibility index (Phi) is 7.47. The number of hydrogen-bond donors (Lipinski definition) is 1. The van der Waals surface area contributed by atoms with Crippen LogP contribution in [-0.2, 0) is 10.9 Å². The van der Waals surface area contributed by atoms with Crippen molar-refractivity contribution in [1.82, 2.24) is 10.3 Å². The summed E-state index contributed by atoms with van der Waals surface area (Å²) in [4.78, 5) is 4.09. The molecule has 0 amide bonds. The number of thiazole rings is 1. The molecule has 1 aromatic heterocycles. The van der Waals surface area contributed by atoms with Crippen molar-refractivity contribution in [3.05, 3.63) is 16.1 Å². The maximum atomic E-state index is 12.6. The maximum absolute atomic E-state index is 12.6. The molecule has 0 bridgehead atoms. The molecule has 0 aromatic carbocycles. The van der Waals surface area contributed by atoms with Crippen LogP contribution in [0.25, 0.3) is 0 Å². The van der Waals surface area contributed by atoms with Crippen molar-refractivity contribution in [3.8, 4) is 0 Å². The van der Waals surface area contributed by atoms with Gasteiger partial charge in [0.2, 0.25) is 0 Å². The average Bonchev–Trinajstić information content (AvgIpc) is 2.87. The van der Waals surface area contributed by atoms with E-state index >= 15 is 0 Å². The van der Waals surface area contributed by atoms with E-state index in [2.05, 4.69) is 10.3 Å². The van der Waals surface area contributed by atoms with Crippen LogP contribution in [0.4, 0.5) is 13.2 Å². The molecule has 3 nitrogen and oxygen atoms in total. The first-order chi connectivity index (χ1) is 9.49. The lowest BCUT2D eigenvalue weighted by molar-refractivity contribution is -0.137. The summed E-state index contributed by atoms with van der Waals surface area (Å²) in [6.45, 7) is 6.01. The molecule has 0 aliphatic carbocycles. The minimum absolute atomic E-state index is 0.125. The molecule has 1 heterocycles. The summed E-state index contributed by atoms with van der Waals surface area (Å²) in [5, 5.41) is 2.46. The number of hydrogen-bond acceptors (Lipinski definition) is 4. The third-order valence-corrected chi connectivity index (χ3v) is 3.81. The predicted octanol–water partition coefficient (Wildman–Crippen LogP) is 4.02. The molecule has 1 atom stereocenters. The lowest BCUT2D eigenvalue weighted by atomic mass is 10.2. The molecular formula is C13H21F3N2OS. The van der Waals surface area contributed by atoms with Gasteiger partial charge in [-0.25, -0.2) is 4.98 Å². The zero-order valence-corrected chi connectivity index (χ0v) is 12.6. The predicted molar refractivity (Wildman–Crippen MR) is 73.9 cm³/mol. The van der Waals surface area contributed by atoms with Crippen LogP contribution in [0.15, 0.2) is 6.20 Å². The summed E-state index contributed by atoms with van der Waals surface area (Å²) in [6, 6.07) is -0.125. The van der Waals surface area contributed by atoms with E-state index in [0.717, 1.165) is 19.4 Å². The molecule has 1 unspecified atom stereocenters.